The van der Waals surface area contributed by atoms with E-state index in [0.717, 1.165) is 17.9 Å². The summed E-state index contributed by atoms with van der Waals surface area (Å²) in [6.45, 7) is 7.01. The third kappa shape index (κ3) is 4.06. The number of carbonyl (C=O) groups excluding carboxylic acids is 1. The van der Waals surface area contributed by atoms with E-state index in [1.807, 2.05) is 32.9 Å². The maximum Gasteiger partial charge on any atom is 0.258 e. The molecule has 2 aromatic heterocycles. The lowest BCUT2D eigenvalue weighted by molar-refractivity contribution is 0.102. The second-order valence-electron chi connectivity index (χ2n) is 5.85. The van der Waals surface area contributed by atoms with Gasteiger partial charge in [0.2, 0.25) is 0 Å². The van der Waals surface area contributed by atoms with Gasteiger partial charge >= 0.3 is 0 Å². The molecule has 3 aromatic rings. The van der Waals surface area contributed by atoms with Crippen molar-refractivity contribution < 1.29 is 9.53 Å². The quantitative estimate of drug-likeness (QED) is 0.749. The summed E-state index contributed by atoms with van der Waals surface area (Å²) < 4.78 is 9.11. The van der Waals surface area contributed by atoms with Crippen molar-refractivity contribution in [3.8, 4) is 5.75 Å². The van der Waals surface area contributed by atoms with Crippen molar-refractivity contribution in [2.24, 2.45) is 0 Å². The smallest absolute Gasteiger partial charge is 0.258 e. The van der Waals surface area contributed by atoms with Gasteiger partial charge in [-0.3, -0.25) is 9.48 Å². The number of nitrogens with one attached hydrogen (secondary N) is 1. The highest BCUT2D eigenvalue weighted by molar-refractivity contribution is 6.03. The summed E-state index contributed by atoms with van der Waals surface area (Å²) in [7, 11) is 0. The molecule has 7 heteroatoms. The highest BCUT2D eigenvalue weighted by atomic mass is 16.5. The van der Waals surface area contributed by atoms with Gasteiger partial charge in [-0.15, -0.1) is 0 Å². The Morgan fingerprint density at radius 3 is 2.68 bits per heavy atom. The highest BCUT2D eigenvalue weighted by Crippen LogP contribution is 2.19. The normalized spacial score (nSPS) is 10.7. The number of anilines is 1. The molecular formula is C18H21N5O2. The third-order valence-electron chi connectivity index (χ3n) is 3.79. The van der Waals surface area contributed by atoms with Crippen LogP contribution in [0, 0.1) is 13.8 Å². The number of nitrogens with zero attached hydrogens (tertiary/aromatic N) is 4. The molecule has 7 nitrogen and oxygen atoms in total. The van der Waals surface area contributed by atoms with Crippen LogP contribution in [0.3, 0.4) is 0 Å². The fraction of sp³-hybridized carbons (Fsp3) is 0.278. The molecule has 0 spiro atoms. The molecule has 130 valence electrons. The molecular weight excluding hydrogens is 318 g/mol. The first-order chi connectivity index (χ1) is 12.0. The molecule has 0 bridgehead atoms. The van der Waals surface area contributed by atoms with Gasteiger partial charge in [0.25, 0.3) is 5.91 Å². The molecule has 2 heterocycles. The van der Waals surface area contributed by atoms with Crippen molar-refractivity contribution in [2.45, 2.75) is 34.0 Å². The Hall–Kier alpha value is -3.09. The lowest BCUT2D eigenvalue weighted by atomic mass is 10.1. The van der Waals surface area contributed by atoms with Crippen LogP contribution >= 0.6 is 0 Å². The Morgan fingerprint density at radius 2 is 1.96 bits per heavy atom. The van der Waals surface area contributed by atoms with E-state index >= 15 is 0 Å². The third-order valence-corrected chi connectivity index (χ3v) is 3.79. The Kier molecular flexibility index (Phi) is 4.83. The van der Waals surface area contributed by atoms with Crippen molar-refractivity contribution in [1.29, 1.82) is 0 Å². The number of aromatic nitrogens is 4. The summed E-state index contributed by atoms with van der Waals surface area (Å²) in [5.41, 5.74) is 3.40. The maximum absolute atomic E-state index is 12.2. The summed E-state index contributed by atoms with van der Waals surface area (Å²) in [6.07, 6.45) is 6.58. The van der Waals surface area contributed by atoms with Crippen molar-refractivity contribution in [3.63, 3.8) is 0 Å². The minimum Gasteiger partial charge on any atom is -0.471 e. The van der Waals surface area contributed by atoms with Crippen LogP contribution in [0.1, 0.15) is 28.4 Å². The number of rotatable bonds is 6. The van der Waals surface area contributed by atoms with Crippen LogP contribution in [0.25, 0.3) is 0 Å². The van der Waals surface area contributed by atoms with Gasteiger partial charge in [0.15, 0.2) is 6.73 Å². The summed E-state index contributed by atoms with van der Waals surface area (Å²) >= 11 is 0. The van der Waals surface area contributed by atoms with Crippen molar-refractivity contribution in [1.82, 2.24) is 19.6 Å². The van der Waals surface area contributed by atoms with E-state index in [2.05, 4.69) is 21.6 Å². The van der Waals surface area contributed by atoms with Crippen LogP contribution in [-0.4, -0.2) is 25.5 Å². The average molecular weight is 339 g/mol. The molecule has 3 rings (SSSR count). The molecule has 0 aliphatic rings. The van der Waals surface area contributed by atoms with Gasteiger partial charge in [0, 0.05) is 12.7 Å². The monoisotopic (exact) mass is 339 g/mol. The number of benzene rings is 1. The van der Waals surface area contributed by atoms with Crippen LogP contribution < -0.4 is 10.1 Å². The Morgan fingerprint density at radius 1 is 1.16 bits per heavy atom. The number of ether oxygens (including phenoxy) is 1. The van der Waals surface area contributed by atoms with Crippen molar-refractivity contribution >= 4 is 11.6 Å². The van der Waals surface area contributed by atoms with E-state index in [1.54, 1.807) is 34.2 Å². The first kappa shape index (κ1) is 16.8. The molecule has 0 aliphatic carbocycles. The lowest BCUT2D eigenvalue weighted by Crippen LogP contribution is -2.11. The van der Waals surface area contributed by atoms with Crippen molar-refractivity contribution in [3.05, 3.63) is 59.7 Å². The first-order valence-corrected chi connectivity index (χ1v) is 8.11. The van der Waals surface area contributed by atoms with E-state index in [0.29, 0.717) is 11.3 Å². The van der Waals surface area contributed by atoms with Gasteiger partial charge in [0.05, 0.1) is 29.8 Å². The predicted octanol–water partition coefficient (Wildman–Crippen LogP) is 3.01. The Labute approximate surface area is 146 Å². The topological polar surface area (TPSA) is 74.0 Å². The summed E-state index contributed by atoms with van der Waals surface area (Å²) in [6, 6.07) is 6.02. The average Bonchev–Trinajstić information content (AvgIpc) is 3.23. The number of hydrogen-bond donors (Lipinski definition) is 1. The Bertz CT molecular complexity index is 881. The van der Waals surface area contributed by atoms with Gasteiger partial charge in [-0.2, -0.15) is 10.2 Å². The molecule has 25 heavy (non-hydrogen) atoms. The minimum absolute atomic E-state index is 0.213. The van der Waals surface area contributed by atoms with Crippen LogP contribution in [0.2, 0.25) is 0 Å². The second-order valence-corrected chi connectivity index (χ2v) is 5.85. The number of carbonyl (C=O) groups is 1. The van der Waals surface area contributed by atoms with Crippen LogP contribution in [0.4, 0.5) is 5.69 Å². The number of hydrogen-bond acceptors (Lipinski definition) is 4. The predicted molar refractivity (Wildman–Crippen MR) is 94.6 cm³/mol. The van der Waals surface area contributed by atoms with E-state index in [4.69, 9.17) is 4.74 Å². The molecule has 0 radical (unpaired) electrons. The zero-order valence-electron chi connectivity index (χ0n) is 14.6. The highest BCUT2D eigenvalue weighted by Gasteiger charge is 2.10. The van der Waals surface area contributed by atoms with Crippen LogP contribution in [0.15, 0.2) is 43.0 Å². The molecule has 0 atom stereocenters. The van der Waals surface area contributed by atoms with Crippen LogP contribution in [0.5, 0.6) is 5.75 Å². The standard InChI is InChI=1S/C18H21N5O2/c1-4-22-10-15(8-19-22)18(24)21-16-9-20-23(11-16)12-25-17-6-5-13(2)7-14(17)3/h5-11H,4,12H2,1-3H3,(H,21,24). The molecule has 0 unspecified atom stereocenters. The molecule has 1 N–H and O–H groups in total. The maximum atomic E-state index is 12.2. The van der Waals surface area contributed by atoms with Crippen molar-refractivity contribution in [2.75, 3.05) is 5.32 Å². The summed E-state index contributed by atoms with van der Waals surface area (Å²) in [5, 5.41) is 11.1. The molecule has 0 saturated heterocycles. The fourth-order valence-electron chi connectivity index (χ4n) is 2.45. The lowest BCUT2D eigenvalue weighted by Gasteiger charge is -2.09. The summed E-state index contributed by atoms with van der Waals surface area (Å²) in [5.74, 6) is 0.605. The van der Waals surface area contributed by atoms with Gasteiger partial charge < -0.3 is 10.1 Å². The zero-order chi connectivity index (χ0) is 17.8. The largest absolute Gasteiger partial charge is 0.471 e. The van der Waals surface area contributed by atoms with Gasteiger partial charge in [-0.1, -0.05) is 17.7 Å². The van der Waals surface area contributed by atoms with E-state index < -0.39 is 0 Å². The van der Waals surface area contributed by atoms with Gasteiger partial charge in [-0.05, 0) is 32.4 Å². The fourth-order valence-corrected chi connectivity index (χ4v) is 2.45. The first-order valence-electron chi connectivity index (χ1n) is 8.11. The second kappa shape index (κ2) is 7.21. The zero-order valence-corrected chi connectivity index (χ0v) is 14.6. The minimum atomic E-state index is -0.213. The molecule has 1 aromatic carbocycles. The number of amides is 1. The van der Waals surface area contributed by atoms with Gasteiger partial charge in [0.1, 0.15) is 5.75 Å². The Balaban J connectivity index is 1.59. The molecule has 0 saturated carbocycles. The van der Waals surface area contributed by atoms with Crippen LogP contribution in [-0.2, 0) is 13.3 Å². The number of aryl methyl sites for hydroxylation is 3. The molecule has 1 amide bonds. The van der Waals surface area contributed by atoms with E-state index in [9.17, 15) is 4.79 Å². The molecule has 0 fully saturated rings. The van der Waals surface area contributed by atoms with E-state index in [-0.39, 0.29) is 12.6 Å². The summed E-state index contributed by atoms with van der Waals surface area (Å²) in [4.78, 5) is 12.2. The van der Waals surface area contributed by atoms with Gasteiger partial charge in [-0.25, -0.2) is 4.68 Å². The van der Waals surface area contributed by atoms with E-state index in [1.165, 1.54) is 5.56 Å². The molecule has 0 aliphatic heterocycles. The SMILES string of the molecule is CCn1cc(C(=O)Nc2cnn(COc3ccc(C)cc3C)c2)cn1.